The molecule has 92 valence electrons. The number of carbonyl (C=O) groups is 2. The summed E-state index contributed by atoms with van der Waals surface area (Å²) < 4.78 is 0. The van der Waals surface area contributed by atoms with Crippen molar-refractivity contribution in [3.05, 3.63) is 29.8 Å². The van der Waals surface area contributed by atoms with Crippen molar-refractivity contribution in [1.29, 1.82) is 0 Å². The number of benzene rings is 1. The lowest BCUT2D eigenvalue weighted by Gasteiger charge is -2.03. The minimum absolute atomic E-state index is 0.00659. The Morgan fingerprint density at radius 2 is 1.94 bits per heavy atom. The van der Waals surface area contributed by atoms with Crippen molar-refractivity contribution in [2.75, 3.05) is 12.3 Å². The van der Waals surface area contributed by atoms with Crippen molar-refractivity contribution >= 4 is 23.6 Å². The number of thioether (sulfide) groups is 1. The third-order valence-corrected chi connectivity index (χ3v) is 3.03. The summed E-state index contributed by atoms with van der Waals surface area (Å²) in [5.41, 5.74) is 0.764. The molecule has 2 N–H and O–H groups in total. The zero-order chi connectivity index (χ0) is 12.7. The van der Waals surface area contributed by atoms with E-state index in [0.29, 0.717) is 12.3 Å². The van der Waals surface area contributed by atoms with Gasteiger partial charge < -0.3 is 10.4 Å². The molecule has 1 aromatic rings. The summed E-state index contributed by atoms with van der Waals surface area (Å²) in [5, 5.41) is 11.3. The van der Waals surface area contributed by atoms with Gasteiger partial charge in [0.2, 0.25) is 5.91 Å². The summed E-state index contributed by atoms with van der Waals surface area (Å²) in [6.07, 6.45) is 0.0290. The predicted molar refractivity (Wildman–Crippen MR) is 67.2 cm³/mol. The molecule has 0 aromatic heterocycles. The number of rotatable bonds is 6. The maximum atomic E-state index is 11.2. The van der Waals surface area contributed by atoms with Crippen LogP contribution in [0.2, 0.25) is 0 Å². The molecule has 1 aromatic carbocycles. The summed E-state index contributed by atoms with van der Waals surface area (Å²) in [5.74, 6) is -0.452. The van der Waals surface area contributed by atoms with Crippen molar-refractivity contribution < 1.29 is 14.7 Å². The molecule has 0 spiro atoms. The third kappa shape index (κ3) is 5.40. The smallest absolute Gasteiger partial charge is 0.307 e. The Balaban J connectivity index is 2.45. The van der Waals surface area contributed by atoms with E-state index >= 15 is 0 Å². The number of aliphatic carboxylic acids is 1. The molecular formula is C12H15NO3S. The molecule has 4 nitrogen and oxygen atoms in total. The predicted octanol–water partition coefficient (Wildman–Crippen LogP) is 1.54. The van der Waals surface area contributed by atoms with Gasteiger partial charge in [-0.15, -0.1) is 11.8 Å². The molecule has 5 heteroatoms. The molecule has 0 aliphatic heterocycles. The number of carboxylic acids is 1. The van der Waals surface area contributed by atoms with Crippen molar-refractivity contribution in [3.8, 4) is 0 Å². The molecule has 0 aliphatic carbocycles. The number of carboxylic acid groups (broad SMARTS) is 1. The number of carbonyl (C=O) groups excluding carboxylic acids is 1. The molecule has 0 unspecified atom stereocenters. The Morgan fingerprint density at radius 1 is 1.29 bits per heavy atom. The summed E-state index contributed by atoms with van der Waals surface area (Å²) in [4.78, 5) is 22.7. The molecular weight excluding hydrogens is 238 g/mol. The van der Waals surface area contributed by atoms with Gasteiger partial charge in [-0.3, -0.25) is 9.59 Å². The van der Waals surface area contributed by atoms with E-state index < -0.39 is 5.97 Å². The van der Waals surface area contributed by atoms with E-state index in [1.807, 2.05) is 19.1 Å². The Bertz CT molecular complexity index is 389. The summed E-state index contributed by atoms with van der Waals surface area (Å²) in [6.45, 7) is 2.51. The van der Waals surface area contributed by atoms with Crippen LogP contribution in [0.4, 0.5) is 0 Å². The van der Waals surface area contributed by atoms with Gasteiger partial charge in [0.1, 0.15) is 0 Å². The second-order valence-corrected chi connectivity index (χ2v) is 4.51. The first-order valence-electron chi connectivity index (χ1n) is 5.32. The SMILES string of the molecule is CCNC(=O)CSc1ccc(CC(=O)O)cc1. The van der Waals surface area contributed by atoms with E-state index in [2.05, 4.69) is 5.32 Å². The van der Waals surface area contributed by atoms with Crippen LogP contribution in [0.3, 0.4) is 0 Å². The monoisotopic (exact) mass is 253 g/mol. The number of amides is 1. The fourth-order valence-electron chi connectivity index (χ4n) is 1.28. The second-order valence-electron chi connectivity index (χ2n) is 3.46. The van der Waals surface area contributed by atoms with Crippen LogP contribution in [0.15, 0.2) is 29.2 Å². The van der Waals surface area contributed by atoms with Crippen LogP contribution >= 0.6 is 11.8 Å². The quantitative estimate of drug-likeness (QED) is 0.755. The van der Waals surface area contributed by atoms with E-state index in [1.165, 1.54) is 11.8 Å². The van der Waals surface area contributed by atoms with E-state index in [1.54, 1.807) is 12.1 Å². The van der Waals surface area contributed by atoms with Gasteiger partial charge in [-0.05, 0) is 24.6 Å². The van der Waals surface area contributed by atoms with Crippen molar-refractivity contribution in [2.24, 2.45) is 0 Å². The van der Waals surface area contributed by atoms with Crippen LogP contribution in [-0.2, 0) is 16.0 Å². The highest BCUT2D eigenvalue weighted by atomic mass is 32.2. The molecule has 0 aliphatic rings. The number of hydrogen-bond acceptors (Lipinski definition) is 3. The van der Waals surface area contributed by atoms with Gasteiger partial charge in [-0.2, -0.15) is 0 Å². The van der Waals surface area contributed by atoms with Crippen molar-refractivity contribution in [3.63, 3.8) is 0 Å². The molecule has 0 saturated carbocycles. The average Bonchev–Trinajstić information content (AvgIpc) is 2.28. The van der Waals surface area contributed by atoms with E-state index in [0.717, 1.165) is 10.5 Å². The van der Waals surface area contributed by atoms with E-state index in [9.17, 15) is 9.59 Å². The molecule has 0 radical (unpaired) electrons. The Labute approximate surface area is 104 Å². The van der Waals surface area contributed by atoms with E-state index in [-0.39, 0.29) is 12.3 Å². The third-order valence-electron chi connectivity index (χ3n) is 2.02. The van der Waals surface area contributed by atoms with Gasteiger partial charge in [0.15, 0.2) is 0 Å². The van der Waals surface area contributed by atoms with Gasteiger partial charge in [-0.25, -0.2) is 0 Å². The highest BCUT2D eigenvalue weighted by molar-refractivity contribution is 8.00. The lowest BCUT2D eigenvalue weighted by atomic mass is 10.2. The van der Waals surface area contributed by atoms with Crippen LogP contribution < -0.4 is 5.32 Å². The Hall–Kier alpha value is -1.49. The van der Waals surface area contributed by atoms with E-state index in [4.69, 9.17) is 5.11 Å². The largest absolute Gasteiger partial charge is 0.481 e. The zero-order valence-corrected chi connectivity index (χ0v) is 10.4. The molecule has 17 heavy (non-hydrogen) atoms. The van der Waals surface area contributed by atoms with Gasteiger partial charge in [0, 0.05) is 11.4 Å². The average molecular weight is 253 g/mol. The van der Waals surface area contributed by atoms with Crippen LogP contribution in [0, 0.1) is 0 Å². The molecule has 0 saturated heterocycles. The standard InChI is InChI=1S/C12H15NO3S/c1-2-13-11(14)8-17-10-5-3-9(4-6-10)7-12(15)16/h3-6H,2,7-8H2,1H3,(H,13,14)(H,15,16). The molecule has 0 atom stereocenters. The highest BCUT2D eigenvalue weighted by Crippen LogP contribution is 2.18. The lowest BCUT2D eigenvalue weighted by Crippen LogP contribution is -2.24. The molecule has 0 heterocycles. The lowest BCUT2D eigenvalue weighted by molar-refractivity contribution is -0.136. The Morgan fingerprint density at radius 3 is 2.47 bits per heavy atom. The van der Waals surface area contributed by atoms with Crippen LogP contribution in [0.1, 0.15) is 12.5 Å². The molecule has 1 amide bonds. The highest BCUT2D eigenvalue weighted by Gasteiger charge is 2.03. The topological polar surface area (TPSA) is 66.4 Å². The first-order chi connectivity index (χ1) is 8.11. The number of nitrogens with one attached hydrogen (secondary N) is 1. The normalized spacial score (nSPS) is 9.94. The second kappa shape index (κ2) is 6.96. The van der Waals surface area contributed by atoms with Crippen LogP contribution in [-0.4, -0.2) is 29.3 Å². The maximum Gasteiger partial charge on any atom is 0.307 e. The zero-order valence-electron chi connectivity index (χ0n) is 9.60. The molecule has 0 bridgehead atoms. The first-order valence-corrected chi connectivity index (χ1v) is 6.30. The van der Waals surface area contributed by atoms with Gasteiger partial charge in [0.25, 0.3) is 0 Å². The summed E-state index contributed by atoms with van der Waals surface area (Å²) in [7, 11) is 0. The number of hydrogen-bond donors (Lipinski definition) is 2. The van der Waals surface area contributed by atoms with Crippen molar-refractivity contribution in [1.82, 2.24) is 5.32 Å². The minimum Gasteiger partial charge on any atom is -0.481 e. The Kier molecular flexibility index (Phi) is 5.56. The fourth-order valence-corrected chi connectivity index (χ4v) is 2.00. The van der Waals surface area contributed by atoms with Gasteiger partial charge >= 0.3 is 5.97 Å². The summed E-state index contributed by atoms with van der Waals surface area (Å²) in [6, 6.07) is 7.21. The summed E-state index contributed by atoms with van der Waals surface area (Å²) >= 11 is 1.44. The van der Waals surface area contributed by atoms with Gasteiger partial charge in [0.05, 0.1) is 12.2 Å². The van der Waals surface area contributed by atoms with Crippen molar-refractivity contribution in [2.45, 2.75) is 18.2 Å². The fraction of sp³-hybridized carbons (Fsp3) is 0.333. The molecule has 0 fully saturated rings. The van der Waals surface area contributed by atoms with Gasteiger partial charge in [-0.1, -0.05) is 12.1 Å². The molecule has 1 rings (SSSR count). The first kappa shape index (κ1) is 13.6. The minimum atomic E-state index is -0.840. The van der Waals surface area contributed by atoms with Crippen LogP contribution in [0.5, 0.6) is 0 Å². The maximum absolute atomic E-state index is 11.2. The van der Waals surface area contributed by atoms with Crippen LogP contribution in [0.25, 0.3) is 0 Å².